The van der Waals surface area contributed by atoms with Crippen molar-refractivity contribution in [1.82, 2.24) is 9.97 Å². The molecule has 0 aliphatic carbocycles. The SMILES string of the molecule is CCc1nccc(CCC(N)=O)n1. The Morgan fingerprint density at radius 2 is 2.38 bits per heavy atom. The van der Waals surface area contributed by atoms with Crippen LogP contribution in [0.1, 0.15) is 24.9 Å². The largest absolute Gasteiger partial charge is 0.370 e. The molecule has 0 radical (unpaired) electrons. The Kier molecular flexibility index (Phi) is 3.37. The average Bonchev–Trinajstić information content (AvgIpc) is 2.15. The number of hydrogen-bond acceptors (Lipinski definition) is 3. The predicted molar refractivity (Wildman–Crippen MR) is 48.9 cm³/mol. The Morgan fingerprint density at radius 3 is 3.00 bits per heavy atom. The van der Waals surface area contributed by atoms with Gasteiger partial charge < -0.3 is 5.73 Å². The lowest BCUT2D eigenvalue weighted by Crippen LogP contribution is -2.12. The van der Waals surface area contributed by atoms with E-state index in [1.807, 2.05) is 13.0 Å². The van der Waals surface area contributed by atoms with Crippen LogP contribution < -0.4 is 5.73 Å². The number of primary amides is 1. The van der Waals surface area contributed by atoms with Crippen LogP contribution in [0.25, 0.3) is 0 Å². The van der Waals surface area contributed by atoms with Gasteiger partial charge in [-0.1, -0.05) is 6.92 Å². The summed E-state index contributed by atoms with van der Waals surface area (Å²) >= 11 is 0. The van der Waals surface area contributed by atoms with Gasteiger partial charge in [0.15, 0.2) is 0 Å². The van der Waals surface area contributed by atoms with E-state index in [-0.39, 0.29) is 5.91 Å². The zero-order valence-corrected chi connectivity index (χ0v) is 7.66. The third-order valence-corrected chi connectivity index (χ3v) is 1.71. The highest BCUT2D eigenvalue weighted by atomic mass is 16.1. The average molecular weight is 179 g/mol. The van der Waals surface area contributed by atoms with Crippen LogP contribution in [0.3, 0.4) is 0 Å². The van der Waals surface area contributed by atoms with Gasteiger partial charge >= 0.3 is 0 Å². The molecule has 1 rings (SSSR count). The van der Waals surface area contributed by atoms with Crippen LogP contribution in [0, 0.1) is 0 Å². The van der Waals surface area contributed by atoms with Gasteiger partial charge in [0.2, 0.25) is 5.91 Å². The van der Waals surface area contributed by atoms with Crippen LogP contribution in [0.4, 0.5) is 0 Å². The van der Waals surface area contributed by atoms with E-state index < -0.39 is 0 Å². The quantitative estimate of drug-likeness (QED) is 0.729. The molecule has 0 atom stereocenters. The van der Waals surface area contributed by atoms with E-state index in [4.69, 9.17) is 5.73 Å². The molecule has 0 saturated heterocycles. The van der Waals surface area contributed by atoms with Crippen LogP contribution >= 0.6 is 0 Å². The van der Waals surface area contributed by atoms with Crippen LogP contribution in [0.5, 0.6) is 0 Å². The highest BCUT2D eigenvalue weighted by Gasteiger charge is 1.99. The van der Waals surface area contributed by atoms with E-state index >= 15 is 0 Å². The fourth-order valence-corrected chi connectivity index (χ4v) is 1.00. The summed E-state index contributed by atoms with van der Waals surface area (Å²) in [6.45, 7) is 1.99. The standard InChI is InChI=1S/C9H13N3O/c1-2-9-11-6-5-7(12-9)3-4-8(10)13/h5-6H,2-4H2,1H3,(H2,10,13). The molecule has 0 fully saturated rings. The molecular weight excluding hydrogens is 166 g/mol. The van der Waals surface area contributed by atoms with Gasteiger partial charge in [-0.15, -0.1) is 0 Å². The van der Waals surface area contributed by atoms with Gasteiger partial charge in [0.25, 0.3) is 0 Å². The molecule has 0 bridgehead atoms. The first kappa shape index (κ1) is 9.64. The van der Waals surface area contributed by atoms with Gasteiger partial charge in [-0.25, -0.2) is 9.97 Å². The van der Waals surface area contributed by atoms with Crippen molar-refractivity contribution in [3.8, 4) is 0 Å². The van der Waals surface area contributed by atoms with Gasteiger partial charge in [0.1, 0.15) is 5.82 Å². The summed E-state index contributed by atoms with van der Waals surface area (Å²) in [5.41, 5.74) is 5.91. The van der Waals surface area contributed by atoms with E-state index in [0.717, 1.165) is 17.9 Å². The third kappa shape index (κ3) is 3.19. The summed E-state index contributed by atoms with van der Waals surface area (Å²) < 4.78 is 0. The summed E-state index contributed by atoms with van der Waals surface area (Å²) in [7, 11) is 0. The molecular formula is C9H13N3O. The smallest absolute Gasteiger partial charge is 0.217 e. The second kappa shape index (κ2) is 4.54. The summed E-state index contributed by atoms with van der Waals surface area (Å²) in [4.78, 5) is 18.8. The van der Waals surface area contributed by atoms with E-state index in [1.54, 1.807) is 6.20 Å². The van der Waals surface area contributed by atoms with Gasteiger partial charge in [-0.2, -0.15) is 0 Å². The number of aryl methyl sites for hydroxylation is 2. The van der Waals surface area contributed by atoms with E-state index in [9.17, 15) is 4.79 Å². The van der Waals surface area contributed by atoms with Gasteiger partial charge in [-0.3, -0.25) is 4.79 Å². The number of amides is 1. The lowest BCUT2D eigenvalue weighted by Gasteiger charge is -1.99. The second-order valence-electron chi connectivity index (χ2n) is 2.78. The molecule has 1 aromatic rings. The minimum absolute atomic E-state index is 0.295. The molecule has 13 heavy (non-hydrogen) atoms. The molecule has 1 amide bonds. The molecule has 1 heterocycles. The highest BCUT2D eigenvalue weighted by Crippen LogP contribution is 1.99. The zero-order chi connectivity index (χ0) is 9.68. The first-order valence-corrected chi connectivity index (χ1v) is 4.31. The number of hydrogen-bond donors (Lipinski definition) is 1. The molecule has 2 N–H and O–H groups in total. The van der Waals surface area contributed by atoms with Crippen molar-refractivity contribution >= 4 is 5.91 Å². The van der Waals surface area contributed by atoms with E-state index in [1.165, 1.54) is 0 Å². The van der Waals surface area contributed by atoms with Crippen molar-refractivity contribution in [1.29, 1.82) is 0 Å². The topological polar surface area (TPSA) is 68.9 Å². The molecule has 1 aromatic heterocycles. The molecule has 0 aliphatic heterocycles. The number of nitrogens with zero attached hydrogens (tertiary/aromatic N) is 2. The Labute approximate surface area is 77.2 Å². The monoisotopic (exact) mass is 179 g/mol. The first-order chi connectivity index (χ1) is 6.22. The zero-order valence-electron chi connectivity index (χ0n) is 7.66. The normalized spacial score (nSPS) is 9.92. The summed E-state index contributed by atoms with van der Waals surface area (Å²) in [6.07, 6.45) is 3.47. The van der Waals surface area contributed by atoms with Crippen molar-refractivity contribution in [3.05, 3.63) is 23.8 Å². The van der Waals surface area contributed by atoms with Crippen molar-refractivity contribution in [2.45, 2.75) is 26.2 Å². The molecule has 4 nitrogen and oxygen atoms in total. The fourth-order valence-electron chi connectivity index (χ4n) is 1.00. The van der Waals surface area contributed by atoms with Crippen molar-refractivity contribution < 1.29 is 4.79 Å². The maximum atomic E-state index is 10.5. The van der Waals surface area contributed by atoms with Crippen LogP contribution in [-0.2, 0) is 17.6 Å². The second-order valence-corrected chi connectivity index (χ2v) is 2.78. The maximum absolute atomic E-state index is 10.5. The Bertz CT molecular complexity index is 299. The molecule has 0 aromatic carbocycles. The summed E-state index contributed by atoms with van der Waals surface area (Å²) in [5, 5.41) is 0. The lowest BCUT2D eigenvalue weighted by atomic mass is 10.2. The minimum atomic E-state index is -0.295. The molecule has 70 valence electrons. The van der Waals surface area contributed by atoms with Crippen LogP contribution in [0.2, 0.25) is 0 Å². The van der Waals surface area contributed by atoms with Gasteiger partial charge in [-0.05, 0) is 12.5 Å². The number of rotatable bonds is 4. The Hall–Kier alpha value is -1.45. The van der Waals surface area contributed by atoms with Crippen LogP contribution in [0.15, 0.2) is 12.3 Å². The molecule has 4 heteroatoms. The summed E-state index contributed by atoms with van der Waals surface area (Å²) in [5.74, 6) is 0.513. The van der Waals surface area contributed by atoms with Crippen molar-refractivity contribution in [2.75, 3.05) is 0 Å². The number of nitrogens with two attached hydrogens (primary N) is 1. The van der Waals surface area contributed by atoms with E-state index in [0.29, 0.717) is 12.8 Å². The van der Waals surface area contributed by atoms with Crippen LogP contribution in [-0.4, -0.2) is 15.9 Å². The van der Waals surface area contributed by atoms with Crippen molar-refractivity contribution in [3.63, 3.8) is 0 Å². The Balaban J connectivity index is 2.61. The fraction of sp³-hybridized carbons (Fsp3) is 0.444. The van der Waals surface area contributed by atoms with Crippen molar-refractivity contribution in [2.24, 2.45) is 5.73 Å². The summed E-state index contributed by atoms with van der Waals surface area (Å²) in [6, 6.07) is 1.81. The Morgan fingerprint density at radius 1 is 1.62 bits per heavy atom. The number of aromatic nitrogens is 2. The molecule has 0 spiro atoms. The first-order valence-electron chi connectivity index (χ1n) is 4.31. The molecule has 0 saturated carbocycles. The molecule has 0 aliphatic rings. The minimum Gasteiger partial charge on any atom is -0.370 e. The number of carbonyl (C=O) groups is 1. The number of carbonyl (C=O) groups excluding carboxylic acids is 1. The predicted octanol–water partition coefficient (Wildman–Crippen LogP) is 0.457. The van der Waals surface area contributed by atoms with Gasteiger partial charge in [0, 0.05) is 24.7 Å². The molecule has 0 unspecified atom stereocenters. The maximum Gasteiger partial charge on any atom is 0.217 e. The third-order valence-electron chi connectivity index (χ3n) is 1.71. The van der Waals surface area contributed by atoms with E-state index in [2.05, 4.69) is 9.97 Å². The highest BCUT2D eigenvalue weighted by molar-refractivity contribution is 5.73. The van der Waals surface area contributed by atoms with Gasteiger partial charge in [0.05, 0.1) is 0 Å². The lowest BCUT2D eigenvalue weighted by molar-refractivity contribution is -0.118.